The highest BCUT2D eigenvalue weighted by atomic mass is 35.5. The summed E-state index contributed by atoms with van der Waals surface area (Å²) in [7, 11) is 1.47. The Balaban J connectivity index is 2.30. The number of methoxy groups -OCH3 is 1. The van der Waals surface area contributed by atoms with Gasteiger partial charge < -0.3 is 9.84 Å². The lowest BCUT2D eigenvalue weighted by Gasteiger charge is -2.07. The van der Waals surface area contributed by atoms with E-state index in [-0.39, 0.29) is 17.4 Å². The third kappa shape index (κ3) is 2.83. The molecule has 0 saturated heterocycles. The number of ether oxygens (including phenoxy) is 1. The maximum Gasteiger partial charge on any atom is 0.307 e. The van der Waals surface area contributed by atoms with E-state index in [9.17, 15) is 14.7 Å². The summed E-state index contributed by atoms with van der Waals surface area (Å²) in [6.45, 7) is 1.68. The smallest absolute Gasteiger partial charge is 0.307 e. The highest BCUT2D eigenvalue weighted by Gasteiger charge is 2.24. The van der Waals surface area contributed by atoms with Crippen LogP contribution in [0.25, 0.3) is 10.9 Å². The number of fused-ring (bicyclic) bond motifs is 1. The molecule has 8 heteroatoms. The molecule has 3 aromatic rings. The first-order valence-corrected chi connectivity index (χ1v) is 8.76. The highest BCUT2D eigenvalue weighted by Crippen LogP contribution is 2.38. The Labute approximate surface area is 157 Å². The molecule has 2 aromatic heterocycles. The van der Waals surface area contributed by atoms with Crippen molar-refractivity contribution in [2.45, 2.75) is 13.3 Å². The molecule has 0 bridgehead atoms. The van der Waals surface area contributed by atoms with Gasteiger partial charge >= 0.3 is 5.97 Å². The topological polar surface area (TPSA) is 92.3 Å². The fourth-order valence-electron chi connectivity index (χ4n) is 2.94. The number of thiophene rings is 1. The molecular weight excluding hydrogens is 376 g/mol. The van der Waals surface area contributed by atoms with Crippen molar-refractivity contribution in [3.05, 3.63) is 50.3 Å². The SMILES string of the molecule is COc1ccc2c(c1Cl)c(CC(=O)O)c(C)n2C(=O)c1csc(C#N)c1. The van der Waals surface area contributed by atoms with Crippen molar-refractivity contribution in [3.8, 4) is 11.8 Å². The molecule has 0 unspecified atom stereocenters. The second kappa shape index (κ2) is 6.83. The fourth-order valence-corrected chi connectivity index (χ4v) is 3.96. The van der Waals surface area contributed by atoms with Gasteiger partial charge in [0.2, 0.25) is 0 Å². The van der Waals surface area contributed by atoms with E-state index in [1.54, 1.807) is 24.4 Å². The van der Waals surface area contributed by atoms with Crippen LogP contribution in [0.1, 0.15) is 26.5 Å². The molecule has 1 aromatic carbocycles. The molecule has 0 fully saturated rings. The Kier molecular flexibility index (Phi) is 4.72. The minimum atomic E-state index is -1.03. The zero-order valence-electron chi connectivity index (χ0n) is 13.9. The lowest BCUT2D eigenvalue weighted by atomic mass is 10.1. The molecule has 0 aliphatic carbocycles. The summed E-state index contributed by atoms with van der Waals surface area (Å²) in [5.74, 6) is -0.971. The van der Waals surface area contributed by atoms with E-state index in [1.807, 2.05) is 6.07 Å². The summed E-state index contributed by atoms with van der Waals surface area (Å²) in [5, 5.41) is 20.6. The first kappa shape index (κ1) is 18.0. The Morgan fingerprint density at radius 1 is 1.42 bits per heavy atom. The lowest BCUT2D eigenvalue weighted by molar-refractivity contribution is -0.136. The average Bonchev–Trinajstić information content (AvgIpc) is 3.18. The number of aromatic nitrogens is 1. The Hall–Kier alpha value is -2.82. The van der Waals surface area contributed by atoms with Crippen LogP contribution in [-0.4, -0.2) is 28.7 Å². The Bertz CT molecular complexity index is 1090. The largest absolute Gasteiger partial charge is 0.495 e. The summed E-state index contributed by atoms with van der Waals surface area (Å²) in [6, 6.07) is 6.82. The van der Waals surface area contributed by atoms with E-state index in [4.69, 9.17) is 21.6 Å². The van der Waals surface area contributed by atoms with Crippen LogP contribution in [0.5, 0.6) is 5.75 Å². The summed E-state index contributed by atoms with van der Waals surface area (Å²) in [4.78, 5) is 24.8. The van der Waals surface area contributed by atoms with Crippen LogP contribution in [0.15, 0.2) is 23.6 Å². The van der Waals surface area contributed by atoms with E-state index < -0.39 is 5.97 Å². The number of aliphatic carboxylic acids is 1. The van der Waals surface area contributed by atoms with Crippen LogP contribution < -0.4 is 4.74 Å². The molecule has 0 aliphatic heterocycles. The van der Waals surface area contributed by atoms with Gasteiger partial charge in [0.15, 0.2) is 0 Å². The van der Waals surface area contributed by atoms with Crippen molar-refractivity contribution in [2.75, 3.05) is 7.11 Å². The molecule has 0 spiro atoms. The van der Waals surface area contributed by atoms with Crippen LogP contribution in [0, 0.1) is 18.3 Å². The van der Waals surface area contributed by atoms with Gasteiger partial charge in [0, 0.05) is 16.5 Å². The van der Waals surface area contributed by atoms with Gasteiger partial charge in [0.1, 0.15) is 16.7 Å². The minimum absolute atomic E-state index is 0.263. The maximum absolute atomic E-state index is 13.0. The van der Waals surface area contributed by atoms with Gasteiger partial charge in [-0.2, -0.15) is 5.26 Å². The number of halogens is 1. The van der Waals surface area contributed by atoms with Crippen molar-refractivity contribution in [1.82, 2.24) is 4.57 Å². The van der Waals surface area contributed by atoms with Gasteiger partial charge in [0.25, 0.3) is 5.91 Å². The van der Waals surface area contributed by atoms with E-state index in [2.05, 4.69) is 0 Å². The monoisotopic (exact) mass is 388 g/mol. The summed E-state index contributed by atoms with van der Waals surface area (Å²) in [6.07, 6.45) is -0.275. The molecule has 6 nitrogen and oxygen atoms in total. The summed E-state index contributed by atoms with van der Waals surface area (Å²) < 4.78 is 6.65. The standard InChI is InChI=1S/C18H13ClN2O4S/c1-9-12(6-15(22)23)16-13(3-4-14(25-2)17(16)19)21(9)18(24)10-5-11(7-20)26-8-10/h3-5,8H,6H2,1-2H3,(H,22,23). The summed E-state index contributed by atoms with van der Waals surface area (Å²) in [5.41, 5.74) is 1.81. The number of hydrogen-bond acceptors (Lipinski definition) is 5. The van der Waals surface area contributed by atoms with Crippen molar-refractivity contribution in [1.29, 1.82) is 5.26 Å². The number of carbonyl (C=O) groups excluding carboxylic acids is 1. The molecule has 0 saturated carbocycles. The quantitative estimate of drug-likeness (QED) is 0.732. The predicted molar refractivity (Wildman–Crippen MR) is 98.3 cm³/mol. The number of hydrogen-bond donors (Lipinski definition) is 1. The average molecular weight is 389 g/mol. The molecule has 132 valence electrons. The zero-order valence-corrected chi connectivity index (χ0v) is 15.4. The molecule has 1 N–H and O–H groups in total. The molecule has 26 heavy (non-hydrogen) atoms. The molecule has 2 heterocycles. The van der Waals surface area contributed by atoms with E-state index in [0.717, 1.165) is 0 Å². The Morgan fingerprint density at radius 2 is 2.15 bits per heavy atom. The van der Waals surface area contributed by atoms with Crippen molar-refractivity contribution in [3.63, 3.8) is 0 Å². The van der Waals surface area contributed by atoms with Crippen molar-refractivity contribution >= 4 is 45.7 Å². The minimum Gasteiger partial charge on any atom is -0.495 e. The second-order valence-corrected chi connectivity index (χ2v) is 6.85. The Morgan fingerprint density at radius 3 is 2.73 bits per heavy atom. The predicted octanol–water partition coefficient (Wildman–Crippen LogP) is 3.86. The van der Waals surface area contributed by atoms with Gasteiger partial charge in [-0.15, -0.1) is 11.3 Å². The number of carboxylic acids is 1. The van der Waals surface area contributed by atoms with Crippen LogP contribution in [-0.2, 0) is 11.2 Å². The molecule has 0 amide bonds. The summed E-state index contributed by atoms with van der Waals surface area (Å²) >= 11 is 7.58. The van der Waals surface area contributed by atoms with Gasteiger partial charge in [-0.1, -0.05) is 11.6 Å². The van der Waals surface area contributed by atoms with Crippen LogP contribution in [0.3, 0.4) is 0 Å². The molecule has 3 rings (SSSR count). The second-order valence-electron chi connectivity index (χ2n) is 5.56. The number of carboxylic acid groups (broad SMARTS) is 1. The first-order chi connectivity index (χ1) is 12.4. The number of nitrogens with zero attached hydrogens (tertiary/aromatic N) is 2. The van der Waals surface area contributed by atoms with Gasteiger partial charge in [-0.25, -0.2) is 0 Å². The fraction of sp³-hybridized carbons (Fsp3) is 0.167. The van der Waals surface area contributed by atoms with Crippen LogP contribution >= 0.6 is 22.9 Å². The first-order valence-electron chi connectivity index (χ1n) is 7.50. The van der Waals surface area contributed by atoms with E-state index in [0.29, 0.717) is 38.4 Å². The van der Waals surface area contributed by atoms with Gasteiger partial charge in [-0.05, 0) is 30.7 Å². The van der Waals surface area contributed by atoms with E-state index >= 15 is 0 Å². The van der Waals surface area contributed by atoms with Crippen molar-refractivity contribution in [2.24, 2.45) is 0 Å². The highest BCUT2D eigenvalue weighted by molar-refractivity contribution is 7.10. The van der Waals surface area contributed by atoms with Gasteiger partial charge in [0.05, 0.1) is 29.6 Å². The van der Waals surface area contributed by atoms with Crippen molar-refractivity contribution < 1.29 is 19.4 Å². The zero-order chi connectivity index (χ0) is 19.0. The number of carbonyl (C=O) groups is 2. The van der Waals surface area contributed by atoms with Gasteiger partial charge in [-0.3, -0.25) is 14.2 Å². The normalized spacial score (nSPS) is 10.7. The third-order valence-corrected chi connectivity index (χ3v) is 5.32. The van der Waals surface area contributed by atoms with E-state index in [1.165, 1.54) is 29.1 Å². The third-order valence-electron chi connectivity index (χ3n) is 4.11. The molecular formula is C18H13ClN2O4S. The number of nitriles is 1. The number of benzene rings is 1. The lowest BCUT2D eigenvalue weighted by Crippen LogP contribution is -2.13. The van der Waals surface area contributed by atoms with Crippen LogP contribution in [0.4, 0.5) is 0 Å². The molecule has 0 radical (unpaired) electrons. The maximum atomic E-state index is 13.0. The molecule has 0 aliphatic rings. The van der Waals surface area contributed by atoms with Crippen LogP contribution in [0.2, 0.25) is 5.02 Å². The number of rotatable bonds is 4. The molecule has 0 atom stereocenters.